The number of halogens is 1. The molecule has 2 aliphatic rings. The van der Waals surface area contributed by atoms with Gasteiger partial charge in [0.15, 0.2) is 5.76 Å². The fourth-order valence-electron chi connectivity index (χ4n) is 5.84. The monoisotopic (exact) mass is 649 g/mol. The Kier molecular flexibility index (Phi) is 9.48. The third-order valence-electron chi connectivity index (χ3n) is 8.21. The number of hydrogen-bond donors (Lipinski definition) is 2. The highest BCUT2D eigenvalue weighted by Gasteiger charge is 2.36. The number of fused-ring (bicyclic) bond motifs is 4. The predicted octanol–water partition coefficient (Wildman–Crippen LogP) is 4.38. The Hall–Kier alpha value is -4.52. The average Bonchev–Trinajstić information content (AvgIpc) is 3.67. The Balaban J connectivity index is 1.23. The first-order valence-electron chi connectivity index (χ1n) is 15.2. The number of ether oxygens (including phenoxy) is 3. The third-order valence-corrected chi connectivity index (χ3v) is 8.58. The van der Waals surface area contributed by atoms with Crippen molar-refractivity contribution in [1.29, 1.82) is 0 Å². The minimum Gasteiger partial charge on any atom is -0.492 e. The summed E-state index contributed by atoms with van der Waals surface area (Å²) in [6.07, 6.45) is -0.976. The van der Waals surface area contributed by atoms with Crippen LogP contribution in [0.1, 0.15) is 22.0 Å². The molecule has 13 heteroatoms. The number of nitrogens with one attached hydrogen (secondary N) is 1. The summed E-state index contributed by atoms with van der Waals surface area (Å²) in [7, 11) is 2.02. The number of amides is 3. The van der Waals surface area contributed by atoms with E-state index in [1.165, 1.54) is 0 Å². The maximum atomic E-state index is 14.0. The van der Waals surface area contributed by atoms with E-state index in [4.69, 9.17) is 36.0 Å². The van der Waals surface area contributed by atoms with Gasteiger partial charge in [0, 0.05) is 67.9 Å². The standard InChI is InChI=1S/C33H36ClN5O7/c1-37-10-12-38(13-11-37)33(42)46-28-18-26-30(25-5-3-2-4-24(25)28)22(19-34)20-39(26)31(40)29-17-21-16-23(6-7-27(21)45-29)43-15-9-36-32(41)44-14-8-35/h2-7,16-18,22H,8-15,19-20,35H2,1H3,(H,36,41)/t22-/m1/s1. The van der Waals surface area contributed by atoms with Crippen molar-refractivity contribution in [3.63, 3.8) is 0 Å². The van der Waals surface area contributed by atoms with Gasteiger partial charge in [0.1, 0.15) is 30.3 Å². The maximum Gasteiger partial charge on any atom is 0.415 e. The molecule has 46 heavy (non-hydrogen) atoms. The molecule has 1 saturated heterocycles. The summed E-state index contributed by atoms with van der Waals surface area (Å²) in [5, 5.41) is 4.94. The number of benzene rings is 3. The number of rotatable bonds is 9. The molecule has 6 rings (SSSR count). The Labute approximate surface area is 270 Å². The zero-order chi connectivity index (χ0) is 32.2. The topological polar surface area (TPSA) is 140 Å². The van der Waals surface area contributed by atoms with Crippen LogP contribution in [-0.4, -0.2) is 99.8 Å². The lowest BCUT2D eigenvalue weighted by molar-refractivity contribution is 0.0963. The Bertz CT molecular complexity index is 1750. The lowest BCUT2D eigenvalue weighted by Gasteiger charge is -2.31. The SMILES string of the molecule is CN1CCN(C(=O)Oc2cc3c(c4ccccc24)[C@H](CCl)CN3C(=O)c2cc3cc(OCCNC(=O)OCCN)ccc3o2)CC1. The highest BCUT2D eigenvalue weighted by Crippen LogP contribution is 2.46. The molecule has 3 amide bonds. The zero-order valence-electron chi connectivity index (χ0n) is 25.5. The van der Waals surface area contributed by atoms with Crippen molar-refractivity contribution in [3.8, 4) is 11.5 Å². The molecule has 0 saturated carbocycles. The first-order valence-corrected chi connectivity index (χ1v) is 15.8. The van der Waals surface area contributed by atoms with E-state index in [0.717, 1.165) is 29.4 Å². The average molecular weight is 650 g/mol. The van der Waals surface area contributed by atoms with Gasteiger partial charge < -0.3 is 44.4 Å². The molecule has 1 fully saturated rings. The number of alkyl halides is 1. The largest absolute Gasteiger partial charge is 0.492 e. The summed E-state index contributed by atoms with van der Waals surface area (Å²) in [5.41, 5.74) is 7.42. The highest BCUT2D eigenvalue weighted by atomic mass is 35.5. The Morgan fingerprint density at radius 3 is 2.57 bits per heavy atom. The summed E-state index contributed by atoms with van der Waals surface area (Å²) in [6, 6.07) is 16.4. The van der Waals surface area contributed by atoms with Crippen molar-refractivity contribution < 1.29 is 33.0 Å². The van der Waals surface area contributed by atoms with E-state index in [2.05, 4.69) is 10.2 Å². The second kappa shape index (κ2) is 13.9. The fraction of sp³-hybridized carbons (Fsp3) is 0.364. The molecule has 1 atom stereocenters. The van der Waals surface area contributed by atoms with E-state index >= 15 is 0 Å². The van der Waals surface area contributed by atoms with Gasteiger partial charge >= 0.3 is 12.2 Å². The van der Waals surface area contributed by atoms with Gasteiger partial charge in [0.2, 0.25) is 0 Å². The molecule has 3 aromatic carbocycles. The van der Waals surface area contributed by atoms with Crippen molar-refractivity contribution in [2.45, 2.75) is 5.92 Å². The number of anilines is 1. The smallest absolute Gasteiger partial charge is 0.415 e. The number of carbonyl (C=O) groups is 3. The Morgan fingerprint density at radius 1 is 1.02 bits per heavy atom. The number of nitrogens with zero attached hydrogens (tertiary/aromatic N) is 3. The number of alkyl carbamates (subject to hydrolysis) is 1. The number of likely N-dealkylation sites (N-methyl/N-ethyl adjacent to an activating group) is 1. The van der Waals surface area contributed by atoms with Crippen LogP contribution in [0.3, 0.4) is 0 Å². The molecule has 2 aliphatic heterocycles. The quantitative estimate of drug-likeness (QED) is 0.200. The van der Waals surface area contributed by atoms with Gasteiger partial charge in [0.25, 0.3) is 5.91 Å². The van der Waals surface area contributed by atoms with Crippen LogP contribution in [0.4, 0.5) is 15.3 Å². The first-order chi connectivity index (χ1) is 22.4. The van der Waals surface area contributed by atoms with Gasteiger partial charge in [-0.25, -0.2) is 9.59 Å². The minimum absolute atomic E-state index is 0.126. The molecule has 0 aliphatic carbocycles. The number of carbonyl (C=O) groups excluding carboxylic acids is 3. The second-order valence-electron chi connectivity index (χ2n) is 11.3. The number of furan rings is 1. The van der Waals surface area contributed by atoms with Gasteiger partial charge in [-0.1, -0.05) is 24.3 Å². The number of hydrogen-bond acceptors (Lipinski definition) is 9. The van der Waals surface area contributed by atoms with Crippen LogP contribution in [0.15, 0.2) is 59.0 Å². The van der Waals surface area contributed by atoms with Crippen molar-refractivity contribution in [2.75, 3.05) is 76.9 Å². The van der Waals surface area contributed by atoms with Gasteiger partial charge in [-0.2, -0.15) is 0 Å². The molecule has 0 spiro atoms. The minimum atomic E-state index is -0.560. The van der Waals surface area contributed by atoms with Crippen molar-refractivity contribution in [1.82, 2.24) is 15.1 Å². The lowest BCUT2D eigenvalue weighted by Crippen LogP contribution is -2.48. The molecular weight excluding hydrogens is 614 g/mol. The van der Waals surface area contributed by atoms with Crippen molar-refractivity contribution in [2.24, 2.45) is 5.73 Å². The van der Waals surface area contributed by atoms with Crippen LogP contribution in [0.25, 0.3) is 21.7 Å². The summed E-state index contributed by atoms with van der Waals surface area (Å²) in [6.45, 7) is 3.91. The molecule has 3 heterocycles. The summed E-state index contributed by atoms with van der Waals surface area (Å²) >= 11 is 6.46. The molecule has 12 nitrogen and oxygen atoms in total. The van der Waals surface area contributed by atoms with Crippen LogP contribution < -0.4 is 25.4 Å². The van der Waals surface area contributed by atoms with Gasteiger partial charge in [0.05, 0.1) is 12.2 Å². The van der Waals surface area contributed by atoms with Crippen LogP contribution >= 0.6 is 11.6 Å². The van der Waals surface area contributed by atoms with E-state index in [1.807, 2.05) is 31.3 Å². The van der Waals surface area contributed by atoms with Crippen LogP contribution in [0, 0.1) is 0 Å². The van der Waals surface area contributed by atoms with Crippen molar-refractivity contribution >= 4 is 57.1 Å². The van der Waals surface area contributed by atoms with Crippen LogP contribution in [0.2, 0.25) is 0 Å². The fourth-order valence-corrected chi connectivity index (χ4v) is 6.09. The summed E-state index contributed by atoms with van der Waals surface area (Å²) < 4.78 is 22.6. The Morgan fingerprint density at radius 2 is 1.80 bits per heavy atom. The summed E-state index contributed by atoms with van der Waals surface area (Å²) in [4.78, 5) is 44.3. The molecular formula is C33H36ClN5O7. The van der Waals surface area contributed by atoms with Gasteiger partial charge in [-0.15, -0.1) is 11.6 Å². The molecule has 0 unspecified atom stereocenters. The predicted molar refractivity (Wildman–Crippen MR) is 174 cm³/mol. The molecule has 242 valence electrons. The van der Waals surface area contributed by atoms with E-state index in [0.29, 0.717) is 53.7 Å². The molecule has 1 aromatic heterocycles. The normalized spacial score (nSPS) is 16.5. The number of nitrogens with two attached hydrogens (primary N) is 1. The number of piperazine rings is 1. The van der Waals surface area contributed by atoms with E-state index in [-0.39, 0.29) is 43.9 Å². The molecule has 0 bridgehead atoms. The third kappa shape index (κ3) is 6.55. The van der Waals surface area contributed by atoms with E-state index in [1.54, 1.807) is 40.1 Å². The van der Waals surface area contributed by atoms with Gasteiger partial charge in [-0.05, 0) is 42.3 Å². The first kappa shape index (κ1) is 31.5. The van der Waals surface area contributed by atoms with E-state index < -0.39 is 12.2 Å². The lowest BCUT2D eigenvalue weighted by atomic mass is 9.95. The highest BCUT2D eigenvalue weighted by molar-refractivity contribution is 6.19. The van der Waals surface area contributed by atoms with Crippen molar-refractivity contribution in [3.05, 3.63) is 65.9 Å². The van der Waals surface area contributed by atoms with Crippen LogP contribution in [0.5, 0.6) is 11.5 Å². The molecule has 3 N–H and O–H groups in total. The van der Waals surface area contributed by atoms with E-state index in [9.17, 15) is 14.4 Å². The zero-order valence-corrected chi connectivity index (χ0v) is 26.3. The maximum absolute atomic E-state index is 14.0. The molecule has 0 radical (unpaired) electrons. The molecule has 4 aromatic rings. The van der Waals surface area contributed by atoms with Gasteiger partial charge in [-0.3, -0.25) is 4.79 Å². The van der Waals surface area contributed by atoms with Crippen LogP contribution in [-0.2, 0) is 4.74 Å². The second-order valence-corrected chi connectivity index (χ2v) is 11.6. The summed E-state index contributed by atoms with van der Waals surface area (Å²) in [5.74, 6) is 0.942.